The number of hydrogen-bond acceptors (Lipinski definition) is 3. The molecule has 1 aromatic carbocycles. The number of aliphatic hydroxyl groups is 1. The first-order valence-electron chi connectivity index (χ1n) is 4.61. The monoisotopic (exact) mass is 209 g/mol. The van der Waals surface area contributed by atoms with Crippen molar-refractivity contribution < 1.29 is 14.6 Å². The minimum absolute atomic E-state index is 0.448. The third-order valence-electron chi connectivity index (χ3n) is 1.88. The van der Waals surface area contributed by atoms with Crippen LogP contribution in [0.15, 0.2) is 24.3 Å². The Balaban J connectivity index is 2.77. The van der Waals surface area contributed by atoms with Crippen LogP contribution in [0.3, 0.4) is 0 Å². The molecule has 1 rings (SSSR count). The van der Waals surface area contributed by atoms with Crippen LogP contribution >= 0.6 is 0 Å². The SMILES string of the molecule is COc1cccc(NC(=O)C(C)(C)O)c1. The zero-order chi connectivity index (χ0) is 11.5. The zero-order valence-corrected chi connectivity index (χ0v) is 9.07. The fourth-order valence-electron chi connectivity index (χ4n) is 0.985. The molecule has 0 heterocycles. The quantitative estimate of drug-likeness (QED) is 0.791. The van der Waals surface area contributed by atoms with Crippen molar-refractivity contribution in [3.8, 4) is 5.75 Å². The third-order valence-corrected chi connectivity index (χ3v) is 1.88. The van der Waals surface area contributed by atoms with E-state index in [0.717, 1.165) is 0 Å². The highest BCUT2D eigenvalue weighted by Gasteiger charge is 2.23. The lowest BCUT2D eigenvalue weighted by atomic mass is 10.1. The van der Waals surface area contributed by atoms with Gasteiger partial charge in [0.2, 0.25) is 0 Å². The first-order valence-corrected chi connectivity index (χ1v) is 4.61. The van der Waals surface area contributed by atoms with Crippen molar-refractivity contribution in [2.24, 2.45) is 0 Å². The Labute approximate surface area is 88.9 Å². The molecule has 0 saturated heterocycles. The maximum Gasteiger partial charge on any atom is 0.255 e. The van der Waals surface area contributed by atoms with Crippen LogP contribution < -0.4 is 10.1 Å². The van der Waals surface area contributed by atoms with Crippen molar-refractivity contribution in [1.29, 1.82) is 0 Å². The standard InChI is InChI=1S/C11H15NO3/c1-11(2,14)10(13)12-8-5-4-6-9(7-8)15-3/h4-7,14H,1-3H3,(H,12,13). The predicted octanol–water partition coefficient (Wildman–Crippen LogP) is 1.40. The van der Waals surface area contributed by atoms with Crippen molar-refractivity contribution in [2.75, 3.05) is 12.4 Å². The molecule has 0 aromatic heterocycles. The summed E-state index contributed by atoms with van der Waals surface area (Å²) in [4.78, 5) is 11.4. The summed E-state index contributed by atoms with van der Waals surface area (Å²) in [6, 6.07) is 6.95. The molecule has 2 N–H and O–H groups in total. The van der Waals surface area contributed by atoms with Gasteiger partial charge in [0.25, 0.3) is 5.91 Å². The molecule has 0 bridgehead atoms. The van der Waals surface area contributed by atoms with E-state index in [2.05, 4.69) is 5.32 Å². The van der Waals surface area contributed by atoms with Crippen LogP contribution in [-0.4, -0.2) is 23.7 Å². The maximum absolute atomic E-state index is 11.4. The second kappa shape index (κ2) is 4.31. The molecule has 1 aromatic rings. The molecule has 0 spiro atoms. The number of carbonyl (C=O) groups is 1. The summed E-state index contributed by atoms with van der Waals surface area (Å²) in [5.74, 6) is 0.208. The summed E-state index contributed by atoms with van der Waals surface area (Å²) >= 11 is 0. The zero-order valence-electron chi connectivity index (χ0n) is 9.07. The molecular weight excluding hydrogens is 194 g/mol. The maximum atomic E-state index is 11.4. The van der Waals surface area contributed by atoms with E-state index in [1.54, 1.807) is 31.4 Å². The Bertz CT molecular complexity index is 355. The number of nitrogens with one attached hydrogen (secondary N) is 1. The van der Waals surface area contributed by atoms with Gasteiger partial charge in [-0.1, -0.05) is 6.07 Å². The highest BCUT2D eigenvalue weighted by atomic mass is 16.5. The molecule has 0 unspecified atom stereocenters. The van der Waals surface area contributed by atoms with Crippen LogP contribution in [0.25, 0.3) is 0 Å². The number of methoxy groups -OCH3 is 1. The number of ether oxygens (including phenoxy) is 1. The lowest BCUT2D eigenvalue weighted by Crippen LogP contribution is -2.36. The average molecular weight is 209 g/mol. The van der Waals surface area contributed by atoms with E-state index in [9.17, 15) is 9.90 Å². The molecule has 0 atom stereocenters. The van der Waals surface area contributed by atoms with Gasteiger partial charge in [0.1, 0.15) is 11.4 Å². The van der Waals surface area contributed by atoms with Crippen LogP contribution in [-0.2, 0) is 4.79 Å². The fraction of sp³-hybridized carbons (Fsp3) is 0.364. The van der Waals surface area contributed by atoms with Crippen molar-refractivity contribution in [2.45, 2.75) is 19.4 Å². The second-order valence-electron chi connectivity index (χ2n) is 3.75. The molecule has 0 aliphatic rings. The highest BCUT2D eigenvalue weighted by molar-refractivity contribution is 5.96. The van der Waals surface area contributed by atoms with Gasteiger partial charge >= 0.3 is 0 Å². The van der Waals surface area contributed by atoms with E-state index < -0.39 is 11.5 Å². The van der Waals surface area contributed by atoms with Crippen molar-refractivity contribution in [1.82, 2.24) is 0 Å². The molecule has 4 heteroatoms. The molecule has 0 radical (unpaired) electrons. The molecule has 82 valence electrons. The average Bonchev–Trinajstić information content (AvgIpc) is 2.16. The summed E-state index contributed by atoms with van der Waals surface area (Å²) < 4.78 is 5.01. The Hall–Kier alpha value is -1.55. The van der Waals surface area contributed by atoms with Crippen molar-refractivity contribution in [3.63, 3.8) is 0 Å². The van der Waals surface area contributed by atoms with E-state index >= 15 is 0 Å². The number of benzene rings is 1. The van der Waals surface area contributed by atoms with Crippen molar-refractivity contribution in [3.05, 3.63) is 24.3 Å². The van der Waals surface area contributed by atoms with Crippen molar-refractivity contribution >= 4 is 11.6 Å². The van der Waals surface area contributed by atoms with Gasteiger partial charge in [-0.2, -0.15) is 0 Å². The lowest BCUT2D eigenvalue weighted by molar-refractivity contribution is -0.130. The molecule has 15 heavy (non-hydrogen) atoms. The van der Waals surface area contributed by atoms with Gasteiger partial charge in [0.15, 0.2) is 0 Å². The Morgan fingerprint density at radius 1 is 1.47 bits per heavy atom. The van der Waals surface area contributed by atoms with E-state index in [1.165, 1.54) is 13.8 Å². The first-order chi connectivity index (χ1) is 6.93. The molecule has 4 nitrogen and oxygen atoms in total. The molecule has 0 aliphatic heterocycles. The van der Waals surface area contributed by atoms with E-state index in [0.29, 0.717) is 11.4 Å². The number of rotatable bonds is 3. The van der Waals surface area contributed by atoms with Gasteiger partial charge in [0, 0.05) is 11.8 Å². The number of carbonyl (C=O) groups excluding carboxylic acids is 1. The van der Waals surface area contributed by atoms with E-state index in [4.69, 9.17) is 4.74 Å². The lowest BCUT2D eigenvalue weighted by Gasteiger charge is -2.16. The van der Waals surface area contributed by atoms with Gasteiger partial charge in [0.05, 0.1) is 7.11 Å². The Morgan fingerprint density at radius 2 is 2.13 bits per heavy atom. The molecule has 0 saturated carbocycles. The smallest absolute Gasteiger partial charge is 0.255 e. The topological polar surface area (TPSA) is 58.6 Å². The van der Waals surface area contributed by atoms with Crippen LogP contribution in [0, 0.1) is 0 Å². The number of hydrogen-bond donors (Lipinski definition) is 2. The second-order valence-corrected chi connectivity index (χ2v) is 3.75. The summed E-state index contributed by atoms with van der Waals surface area (Å²) in [6.45, 7) is 2.87. The molecular formula is C11H15NO3. The number of anilines is 1. The molecule has 1 amide bonds. The third kappa shape index (κ3) is 3.25. The number of amides is 1. The summed E-state index contributed by atoms with van der Waals surface area (Å²) in [7, 11) is 1.55. The van der Waals surface area contributed by atoms with E-state index in [1.807, 2.05) is 0 Å². The normalized spacial score (nSPS) is 10.9. The van der Waals surface area contributed by atoms with Crippen LogP contribution in [0.2, 0.25) is 0 Å². The minimum atomic E-state index is -1.39. The van der Waals surface area contributed by atoms with Gasteiger partial charge in [-0.25, -0.2) is 0 Å². The molecule has 0 fully saturated rings. The van der Waals surface area contributed by atoms with Crippen LogP contribution in [0.1, 0.15) is 13.8 Å². The van der Waals surface area contributed by atoms with Gasteiger partial charge in [-0.05, 0) is 26.0 Å². The van der Waals surface area contributed by atoms with E-state index in [-0.39, 0.29) is 0 Å². The highest BCUT2D eigenvalue weighted by Crippen LogP contribution is 2.17. The van der Waals surface area contributed by atoms with Crippen LogP contribution in [0.4, 0.5) is 5.69 Å². The van der Waals surface area contributed by atoms with Gasteiger partial charge in [-0.3, -0.25) is 4.79 Å². The Kier molecular flexibility index (Phi) is 3.31. The predicted molar refractivity (Wildman–Crippen MR) is 57.9 cm³/mol. The molecule has 0 aliphatic carbocycles. The van der Waals surface area contributed by atoms with Gasteiger partial charge in [-0.15, -0.1) is 0 Å². The summed E-state index contributed by atoms with van der Waals surface area (Å²) in [5.41, 5.74) is -0.787. The van der Waals surface area contributed by atoms with Gasteiger partial charge < -0.3 is 15.2 Å². The first kappa shape index (κ1) is 11.5. The fourth-order valence-corrected chi connectivity index (χ4v) is 0.985. The largest absolute Gasteiger partial charge is 0.497 e. The minimum Gasteiger partial charge on any atom is -0.497 e. The Morgan fingerprint density at radius 3 is 2.67 bits per heavy atom. The summed E-state index contributed by atoms with van der Waals surface area (Å²) in [6.07, 6.45) is 0. The summed E-state index contributed by atoms with van der Waals surface area (Å²) in [5, 5.41) is 12.0. The van der Waals surface area contributed by atoms with Crippen LogP contribution in [0.5, 0.6) is 5.75 Å².